The molecule has 0 radical (unpaired) electrons. The van der Waals surface area contributed by atoms with Crippen LogP contribution in [0, 0.1) is 11.3 Å². The van der Waals surface area contributed by atoms with Crippen LogP contribution in [-0.2, 0) is 14.3 Å². The van der Waals surface area contributed by atoms with Crippen LogP contribution in [0.5, 0.6) is 0 Å². The highest BCUT2D eigenvalue weighted by Crippen LogP contribution is 2.24. The number of carbonyl (C=O) groups is 2. The number of carboxylic acids is 1. The van der Waals surface area contributed by atoms with Crippen LogP contribution in [0.4, 0.5) is 0 Å². The summed E-state index contributed by atoms with van der Waals surface area (Å²) in [6, 6.07) is 0. The number of carboxylic acid groups (broad SMARTS) is 1. The van der Waals surface area contributed by atoms with Gasteiger partial charge in [0.1, 0.15) is 0 Å². The van der Waals surface area contributed by atoms with E-state index in [1.807, 2.05) is 0 Å². The molecule has 0 aliphatic carbocycles. The Morgan fingerprint density at radius 2 is 2.11 bits per heavy atom. The van der Waals surface area contributed by atoms with E-state index in [0.717, 1.165) is 19.4 Å². The summed E-state index contributed by atoms with van der Waals surface area (Å²) in [5.74, 6) is -0.550. The van der Waals surface area contributed by atoms with E-state index in [1.165, 1.54) is 0 Å². The number of ether oxygens (including phenoxy) is 1. The first-order valence-corrected chi connectivity index (χ1v) is 6.45. The van der Waals surface area contributed by atoms with E-state index in [-0.39, 0.29) is 18.7 Å². The lowest BCUT2D eigenvalue weighted by Gasteiger charge is -2.24. The minimum Gasteiger partial charge on any atom is -0.481 e. The lowest BCUT2D eigenvalue weighted by Crippen LogP contribution is -2.35. The first-order valence-electron chi connectivity index (χ1n) is 6.45. The second-order valence-corrected chi connectivity index (χ2v) is 5.80. The third-order valence-electron chi connectivity index (χ3n) is 3.11. The van der Waals surface area contributed by atoms with Crippen LogP contribution >= 0.6 is 0 Å². The van der Waals surface area contributed by atoms with Crippen LogP contribution in [0.3, 0.4) is 0 Å². The zero-order chi connectivity index (χ0) is 13.6. The van der Waals surface area contributed by atoms with Gasteiger partial charge in [-0.15, -0.1) is 0 Å². The highest BCUT2D eigenvalue weighted by Gasteiger charge is 2.25. The van der Waals surface area contributed by atoms with Crippen molar-refractivity contribution in [1.82, 2.24) is 5.32 Å². The van der Waals surface area contributed by atoms with Crippen molar-refractivity contribution < 1.29 is 19.4 Å². The molecular weight excluding hydrogens is 234 g/mol. The summed E-state index contributed by atoms with van der Waals surface area (Å²) >= 11 is 0. The summed E-state index contributed by atoms with van der Waals surface area (Å²) in [6.45, 7) is 5.74. The standard InChI is InChI=1S/C13H23NO4/c1-13(2,7-12(16)17)6-11(15)14-8-10-4-3-5-18-9-10/h10H,3-9H2,1-2H3,(H,14,15)(H,16,17). The summed E-state index contributed by atoms with van der Waals surface area (Å²) in [6.07, 6.45) is 2.38. The first-order chi connectivity index (χ1) is 8.39. The molecule has 1 amide bonds. The third-order valence-corrected chi connectivity index (χ3v) is 3.11. The molecule has 0 aromatic heterocycles. The summed E-state index contributed by atoms with van der Waals surface area (Å²) in [5, 5.41) is 11.6. The molecule has 5 nitrogen and oxygen atoms in total. The molecule has 1 rings (SSSR count). The molecule has 1 aliphatic heterocycles. The topological polar surface area (TPSA) is 75.6 Å². The predicted molar refractivity (Wildman–Crippen MR) is 67.2 cm³/mol. The summed E-state index contributed by atoms with van der Waals surface area (Å²) in [7, 11) is 0. The molecule has 0 aromatic rings. The Labute approximate surface area is 108 Å². The van der Waals surface area contributed by atoms with Crippen molar-refractivity contribution in [2.75, 3.05) is 19.8 Å². The van der Waals surface area contributed by atoms with Crippen molar-refractivity contribution >= 4 is 11.9 Å². The normalized spacial score (nSPS) is 20.4. The highest BCUT2D eigenvalue weighted by molar-refractivity contribution is 5.77. The molecule has 104 valence electrons. The number of hydrogen-bond acceptors (Lipinski definition) is 3. The van der Waals surface area contributed by atoms with Crippen molar-refractivity contribution in [2.24, 2.45) is 11.3 Å². The van der Waals surface area contributed by atoms with Crippen LogP contribution in [0.1, 0.15) is 39.5 Å². The summed E-state index contributed by atoms with van der Waals surface area (Å²) in [4.78, 5) is 22.4. The van der Waals surface area contributed by atoms with Crippen LogP contribution in [0.2, 0.25) is 0 Å². The third kappa shape index (κ3) is 6.00. The SMILES string of the molecule is CC(C)(CC(=O)O)CC(=O)NCC1CCCOC1. The molecule has 1 heterocycles. The maximum absolute atomic E-state index is 11.7. The predicted octanol–water partition coefficient (Wildman–Crippen LogP) is 1.42. The molecule has 5 heteroatoms. The fourth-order valence-electron chi connectivity index (χ4n) is 2.20. The van der Waals surface area contributed by atoms with E-state index in [2.05, 4.69) is 5.32 Å². The van der Waals surface area contributed by atoms with Crippen molar-refractivity contribution in [3.8, 4) is 0 Å². The van der Waals surface area contributed by atoms with Gasteiger partial charge in [0.2, 0.25) is 5.91 Å². The van der Waals surface area contributed by atoms with Gasteiger partial charge in [0.25, 0.3) is 0 Å². The maximum atomic E-state index is 11.7. The average Bonchev–Trinajstić information content (AvgIpc) is 2.25. The Hall–Kier alpha value is -1.10. The number of carbonyl (C=O) groups excluding carboxylic acids is 1. The van der Waals surface area contributed by atoms with Crippen LogP contribution in [-0.4, -0.2) is 36.7 Å². The van der Waals surface area contributed by atoms with Gasteiger partial charge in [-0.25, -0.2) is 0 Å². The molecule has 1 atom stereocenters. The second-order valence-electron chi connectivity index (χ2n) is 5.80. The molecule has 0 bridgehead atoms. The van der Waals surface area contributed by atoms with Crippen LogP contribution in [0.25, 0.3) is 0 Å². The van der Waals surface area contributed by atoms with Crippen LogP contribution in [0.15, 0.2) is 0 Å². The quantitative estimate of drug-likeness (QED) is 0.754. The highest BCUT2D eigenvalue weighted by atomic mass is 16.5. The van der Waals surface area contributed by atoms with E-state index in [4.69, 9.17) is 9.84 Å². The molecule has 0 spiro atoms. The van der Waals surface area contributed by atoms with Gasteiger partial charge >= 0.3 is 5.97 Å². The van der Waals surface area contributed by atoms with Gasteiger partial charge in [-0.3, -0.25) is 9.59 Å². The smallest absolute Gasteiger partial charge is 0.303 e. The number of rotatable bonds is 6. The lowest BCUT2D eigenvalue weighted by molar-refractivity contribution is -0.139. The van der Waals surface area contributed by atoms with Gasteiger partial charge in [-0.2, -0.15) is 0 Å². The fraction of sp³-hybridized carbons (Fsp3) is 0.846. The van der Waals surface area contributed by atoms with Crippen molar-refractivity contribution in [3.05, 3.63) is 0 Å². The number of aliphatic carboxylic acids is 1. The zero-order valence-corrected chi connectivity index (χ0v) is 11.2. The largest absolute Gasteiger partial charge is 0.481 e. The lowest BCUT2D eigenvalue weighted by atomic mass is 9.85. The van der Waals surface area contributed by atoms with Crippen molar-refractivity contribution in [3.63, 3.8) is 0 Å². The minimum absolute atomic E-state index is 0.00690. The summed E-state index contributed by atoms with van der Waals surface area (Å²) < 4.78 is 5.34. The van der Waals surface area contributed by atoms with E-state index >= 15 is 0 Å². The Balaban J connectivity index is 2.25. The molecule has 2 N–H and O–H groups in total. The molecule has 18 heavy (non-hydrogen) atoms. The maximum Gasteiger partial charge on any atom is 0.303 e. The Morgan fingerprint density at radius 1 is 1.39 bits per heavy atom. The van der Waals surface area contributed by atoms with Gasteiger partial charge in [-0.1, -0.05) is 13.8 Å². The number of hydrogen-bond donors (Lipinski definition) is 2. The molecule has 0 saturated carbocycles. The van der Waals surface area contributed by atoms with E-state index in [9.17, 15) is 9.59 Å². The number of nitrogens with one attached hydrogen (secondary N) is 1. The first kappa shape index (κ1) is 15.0. The minimum atomic E-state index is -0.867. The molecule has 1 aliphatic rings. The molecule has 1 unspecified atom stereocenters. The zero-order valence-electron chi connectivity index (χ0n) is 11.2. The molecule has 0 aromatic carbocycles. The molecule has 1 fully saturated rings. The average molecular weight is 257 g/mol. The summed E-state index contributed by atoms with van der Waals surface area (Å²) in [5.41, 5.74) is -0.501. The van der Waals surface area contributed by atoms with E-state index in [1.54, 1.807) is 13.8 Å². The van der Waals surface area contributed by atoms with E-state index < -0.39 is 11.4 Å². The van der Waals surface area contributed by atoms with Gasteiger partial charge in [0, 0.05) is 19.6 Å². The van der Waals surface area contributed by atoms with Crippen molar-refractivity contribution in [1.29, 1.82) is 0 Å². The van der Waals surface area contributed by atoms with Gasteiger partial charge in [-0.05, 0) is 24.2 Å². The fourth-order valence-corrected chi connectivity index (χ4v) is 2.20. The molecular formula is C13H23NO4. The second kappa shape index (κ2) is 6.73. The Bertz CT molecular complexity index is 295. The van der Waals surface area contributed by atoms with Gasteiger partial charge in [0.15, 0.2) is 0 Å². The van der Waals surface area contributed by atoms with E-state index in [0.29, 0.717) is 19.1 Å². The Morgan fingerprint density at radius 3 is 2.67 bits per heavy atom. The molecule has 1 saturated heterocycles. The Kier molecular flexibility index (Phi) is 5.59. The van der Waals surface area contributed by atoms with Crippen LogP contribution < -0.4 is 5.32 Å². The van der Waals surface area contributed by atoms with Crippen molar-refractivity contribution in [2.45, 2.75) is 39.5 Å². The monoisotopic (exact) mass is 257 g/mol. The van der Waals surface area contributed by atoms with Gasteiger partial charge in [0.05, 0.1) is 13.0 Å². The number of amides is 1. The van der Waals surface area contributed by atoms with Gasteiger partial charge < -0.3 is 15.2 Å².